The highest BCUT2D eigenvalue weighted by Crippen LogP contribution is 2.20. The molecule has 0 spiro atoms. The van der Waals surface area contributed by atoms with E-state index in [1.165, 1.54) is 24.1 Å². The minimum atomic E-state index is -0.0190. The second-order valence-corrected chi connectivity index (χ2v) is 5.91. The molecule has 114 valence electrons. The molecule has 0 aliphatic carbocycles. The van der Waals surface area contributed by atoms with Crippen LogP contribution in [0.2, 0.25) is 0 Å². The number of hydrogen-bond acceptors (Lipinski definition) is 2. The zero-order valence-corrected chi connectivity index (χ0v) is 13.0. The average Bonchev–Trinajstić information content (AvgIpc) is 3.07. The molecule has 0 atom stereocenters. The monoisotopic (exact) mass is 294 g/mol. The molecule has 2 aromatic rings. The average molecular weight is 294 g/mol. The molecular formula is C19H22N2O. The fourth-order valence-corrected chi connectivity index (χ4v) is 2.91. The molecule has 3 heteroatoms. The summed E-state index contributed by atoms with van der Waals surface area (Å²) in [6.07, 6.45) is 2.53. The topological polar surface area (TPSA) is 32.3 Å². The second-order valence-electron chi connectivity index (χ2n) is 5.91. The Labute approximate surface area is 132 Å². The van der Waals surface area contributed by atoms with E-state index in [9.17, 15) is 4.79 Å². The summed E-state index contributed by atoms with van der Waals surface area (Å²) in [4.78, 5) is 14.6. The molecule has 1 N–H and O–H groups in total. The molecule has 1 saturated heterocycles. The number of amides is 1. The predicted octanol–water partition coefficient (Wildman–Crippen LogP) is 3.53. The van der Waals surface area contributed by atoms with E-state index in [1.54, 1.807) is 0 Å². The maximum Gasteiger partial charge on any atom is 0.251 e. The minimum Gasteiger partial charge on any atom is -0.372 e. The quantitative estimate of drug-likeness (QED) is 0.935. The van der Waals surface area contributed by atoms with Crippen LogP contribution >= 0.6 is 0 Å². The highest BCUT2D eigenvalue weighted by molar-refractivity contribution is 5.94. The number of aryl methyl sites for hydroxylation is 1. The molecule has 0 unspecified atom stereocenters. The van der Waals surface area contributed by atoms with Crippen LogP contribution in [0.1, 0.15) is 34.3 Å². The number of rotatable bonds is 4. The second kappa shape index (κ2) is 6.65. The van der Waals surface area contributed by atoms with Gasteiger partial charge in [0.25, 0.3) is 5.91 Å². The van der Waals surface area contributed by atoms with Crippen LogP contribution < -0.4 is 10.2 Å². The third-order valence-electron chi connectivity index (χ3n) is 4.14. The van der Waals surface area contributed by atoms with Gasteiger partial charge in [-0.25, -0.2) is 0 Å². The van der Waals surface area contributed by atoms with Gasteiger partial charge in [-0.15, -0.1) is 0 Å². The first kappa shape index (κ1) is 14.6. The summed E-state index contributed by atoms with van der Waals surface area (Å²) >= 11 is 0. The molecule has 1 aliphatic heterocycles. The Bertz CT molecular complexity index is 643. The normalized spacial score (nSPS) is 14.1. The lowest BCUT2D eigenvalue weighted by atomic mass is 10.1. The lowest BCUT2D eigenvalue weighted by Gasteiger charge is -2.17. The first-order valence-electron chi connectivity index (χ1n) is 7.91. The van der Waals surface area contributed by atoms with Crippen molar-refractivity contribution in [2.24, 2.45) is 0 Å². The first-order chi connectivity index (χ1) is 10.7. The number of nitrogens with one attached hydrogen (secondary N) is 1. The molecule has 1 aliphatic rings. The largest absolute Gasteiger partial charge is 0.372 e. The van der Waals surface area contributed by atoms with Gasteiger partial charge in [-0.05, 0) is 49.6 Å². The molecule has 3 rings (SSSR count). The Hall–Kier alpha value is -2.29. The van der Waals surface area contributed by atoms with Crippen molar-refractivity contribution in [1.82, 2.24) is 5.32 Å². The van der Waals surface area contributed by atoms with Crippen LogP contribution in [0.3, 0.4) is 0 Å². The Morgan fingerprint density at radius 2 is 1.82 bits per heavy atom. The van der Waals surface area contributed by atoms with Crippen LogP contribution in [-0.4, -0.2) is 19.0 Å². The van der Waals surface area contributed by atoms with Crippen molar-refractivity contribution in [3.8, 4) is 0 Å². The van der Waals surface area contributed by atoms with Crippen molar-refractivity contribution in [3.05, 3.63) is 65.2 Å². The summed E-state index contributed by atoms with van der Waals surface area (Å²) in [5, 5.41) is 2.98. The lowest BCUT2D eigenvalue weighted by Crippen LogP contribution is -2.23. The van der Waals surface area contributed by atoms with E-state index in [-0.39, 0.29) is 5.91 Å². The van der Waals surface area contributed by atoms with E-state index in [0.29, 0.717) is 6.54 Å². The van der Waals surface area contributed by atoms with Gasteiger partial charge in [-0.3, -0.25) is 4.79 Å². The fourth-order valence-electron chi connectivity index (χ4n) is 2.91. The SMILES string of the molecule is Cc1cccc(CNC(=O)c2ccc(N3CCCC3)cc2)c1. The van der Waals surface area contributed by atoms with Crippen LogP contribution in [0.25, 0.3) is 0 Å². The zero-order valence-electron chi connectivity index (χ0n) is 13.0. The number of carbonyl (C=O) groups excluding carboxylic acids is 1. The molecule has 0 saturated carbocycles. The van der Waals surface area contributed by atoms with Crippen LogP contribution in [0.4, 0.5) is 5.69 Å². The van der Waals surface area contributed by atoms with Gasteiger partial charge in [0, 0.05) is 30.9 Å². The Morgan fingerprint density at radius 3 is 2.50 bits per heavy atom. The standard InChI is InChI=1S/C19H22N2O/c1-15-5-4-6-16(13-15)14-20-19(22)17-7-9-18(10-8-17)21-11-2-3-12-21/h4-10,13H,2-3,11-12,14H2,1H3,(H,20,22). The van der Waals surface area contributed by atoms with E-state index in [4.69, 9.17) is 0 Å². The summed E-state index contributed by atoms with van der Waals surface area (Å²) in [6, 6.07) is 16.1. The minimum absolute atomic E-state index is 0.0190. The van der Waals surface area contributed by atoms with Gasteiger partial charge in [0.05, 0.1) is 0 Å². The summed E-state index contributed by atoms with van der Waals surface area (Å²) < 4.78 is 0. The molecular weight excluding hydrogens is 272 g/mol. The Kier molecular flexibility index (Phi) is 4.42. The van der Waals surface area contributed by atoms with Gasteiger partial charge in [-0.1, -0.05) is 29.8 Å². The highest BCUT2D eigenvalue weighted by atomic mass is 16.1. The van der Waals surface area contributed by atoms with Crippen molar-refractivity contribution in [2.45, 2.75) is 26.3 Å². The molecule has 22 heavy (non-hydrogen) atoms. The maximum absolute atomic E-state index is 12.2. The van der Waals surface area contributed by atoms with Crippen molar-refractivity contribution >= 4 is 11.6 Å². The predicted molar refractivity (Wildman–Crippen MR) is 90.2 cm³/mol. The van der Waals surface area contributed by atoms with E-state index in [1.807, 2.05) is 36.4 Å². The lowest BCUT2D eigenvalue weighted by molar-refractivity contribution is 0.0951. The van der Waals surface area contributed by atoms with E-state index < -0.39 is 0 Å². The van der Waals surface area contributed by atoms with Gasteiger partial charge in [-0.2, -0.15) is 0 Å². The molecule has 1 amide bonds. The van der Waals surface area contributed by atoms with Crippen LogP contribution in [-0.2, 0) is 6.54 Å². The summed E-state index contributed by atoms with van der Waals surface area (Å²) in [6.45, 7) is 4.87. The number of hydrogen-bond donors (Lipinski definition) is 1. The van der Waals surface area contributed by atoms with Gasteiger partial charge in [0.15, 0.2) is 0 Å². The van der Waals surface area contributed by atoms with Crippen molar-refractivity contribution in [3.63, 3.8) is 0 Å². The number of anilines is 1. The molecule has 3 nitrogen and oxygen atoms in total. The van der Waals surface area contributed by atoms with Crippen LogP contribution in [0.5, 0.6) is 0 Å². The van der Waals surface area contributed by atoms with Crippen LogP contribution in [0.15, 0.2) is 48.5 Å². The van der Waals surface area contributed by atoms with Gasteiger partial charge in [0.2, 0.25) is 0 Å². The molecule has 0 bridgehead atoms. The number of carbonyl (C=O) groups is 1. The fraction of sp³-hybridized carbons (Fsp3) is 0.316. The van der Waals surface area contributed by atoms with E-state index >= 15 is 0 Å². The molecule has 1 fully saturated rings. The van der Waals surface area contributed by atoms with Crippen molar-refractivity contribution < 1.29 is 4.79 Å². The third kappa shape index (κ3) is 3.48. The smallest absolute Gasteiger partial charge is 0.251 e. The van der Waals surface area contributed by atoms with E-state index in [0.717, 1.165) is 24.2 Å². The molecule has 0 aromatic heterocycles. The van der Waals surface area contributed by atoms with Crippen molar-refractivity contribution in [1.29, 1.82) is 0 Å². The zero-order chi connectivity index (χ0) is 15.4. The van der Waals surface area contributed by atoms with Gasteiger partial charge in [0.1, 0.15) is 0 Å². The molecule has 2 aromatic carbocycles. The summed E-state index contributed by atoms with van der Waals surface area (Å²) in [5.74, 6) is -0.0190. The molecule has 0 radical (unpaired) electrons. The number of nitrogens with zero attached hydrogens (tertiary/aromatic N) is 1. The van der Waals surface area contributed by atoms with Gasteiger partial charge < -0.3 is 10.2 Å². The summed E-state index contributed by atoms with van der Waals surface area (Å²) in [7, 11) is 0. The first-order valence-corrected chi connectivity index (χ1v) is 7.91. The van der Waals surface area contributed by atoms with Crippen molar-refractivity contribution in [2.75, 3.05) is 18.0 Å². The maximum atomic E-state index is 12.2. The molecule has 1 heterocycles. The number of benzene rings is 2. The van der Waals surface area contributed by atoms with E-state index in [2.05, 4.69) is 29.3 Å². The Morgan fingerprint density at radius 1 is 1.09 bits per heavy atom. The third-order valence-corrected chi connectivity index (χ3v) is 4.14. The highest BCUT2D eigenvalue weighted by Gasteiger charge is 2.13. The van der Waals surface area contributed by atoms with Gasteiger partial charge >= 0.3 is 0 Å². The Balaban J connectivity index is 1.60. The summed E-state index contributed by atoms with van der Waals surface area (Å²) in [5.41, 5.74) is 4.27. The van der Waals surface area contributed by atoms with Crippen LogP contribution in [0, 0.1) is 6.92 Å².